The van der Waals surface area contributed by atoms with Gasteiger partial charge in [-0.25, -0.2) is 4.79 Å². The van der Waals surface area contributed by atoms with E-state index in [0.29, 0.717) is 23.7 Å². The molecule has 30 heavy (non-hydrogen) atoms. The van der Waals surface area contributed by atoms with E-state index in [9.17, 15) is 4.79 Å². The second kappa shape index (κ2) is 8.67. The molecule has 0 saturated carbocycles. The summed E-state index contributed by atoms with van der Waals surface area (Å²) >= 11 is 0. The van der Waals surface area contributed by atoms with Gasteiger partial charge < -0.3 is 18.3 Å². The lowest BCUT2D eigenvalue weighted by Gasteiger charge is -2.40. The van der Waals surface area contributed by atoms with Gasteiger partial charge in [0.15, 0.2) is 17.6 Å². The summed E-state index contributed by atoms with van der Waals surface area (Å²) in [6.07, 6.45) is -0.334. The van der Waals surface area contributed by atoms with Crippen LogP contribution in [0.15, 0.2) is 12.1 Å². The molecule has 0 aromatic heterocycles. The molecule has 0 amide bonds. The highest BCUT2D eigenvalue weighted by Gasteiger charge is 2.42. The van der Waals surface area contributed by atoms with Crippen molar-refractivity contribution < 1.29 is 23.1 Å². The second-order valence-corrected chi connectivity index (χ2v) is 17.8. The maximum Gasteiger partial charge on any atom is 0.325 e. The van der Waals surface area contributed by atoms with Gasteiger partial charge >= 0.3 is 5.97 Å². The van der Waals surface area contributed by atoms with Crippen LogP contribution < -0.4 is 9.47 Å². The van der Waals surface area contributed by atoms with Gasteiger partial charge in [0.1, 0.15) is 6.61 Å². The van der Waals surface area contributed by atoms with Crippen LogP contribution in [-0.4, -0.2) is 42.1 Å². The van der Waals surface area contributed by atoms with Crippen molar-refractivity contribution >= 4 is 23.3 Å². The summed E-state index contributed by atoms with van der Waals surface area (Å²) in [5.41, 5.74) is 1.19. The number of rotatable bonds is 5. The zero-order chi connectivity index (χ0) is 23.1. The zero-order valence-corrected chi connectivity index (χ0v) is 22.6. The summed E-state index contributed by atoms with van der Waals surface area (Å²) in [7, 11) is -3.13. The highest BCUT2D eigenvalue weighted by Crippen LogP contribution is 2.41. The van der Waals surface area contributed by atoms with Crippen molar-refractivity contribution in [2.24, 2.45) is 5.41 Å². The molecule has 1 heterocycles. The van der Waals surface area contributed by atoms with Gasteiger partial charge in [-0.15, -0.1) is 0 Å². The molecule has 169 valence electrons. The summed E-state index contributed by atoms with van der Waals surface area (Å²) in [5.74, 6) is 0.998. The topological polar surface area (TPSA) is 54.0 Å². The van der Waals surface area contributed by atoms with Gasteiger partial charge in [0.05, 0.1) is 11.7 Å². The van der Waals surface area contributed by atoms with Crippen LogP contribution in [0.25, 0.3) is 0 Å². The monoisotopic (exact) mass is 451 g/mol. The minimum atomic E-state index is -2.22. The molecule has 5 nitrogen and oxygen atoms in total. The first-order chi connectivity index (χ1) is 13.5. The van der Waals surface area contributed by atoms with Gasteiger partial charge in [-0.3, -0.25) is 0 Å². The van der Waals surface area contributed by atoms with Gasteiger partial charge in [0.25, 0.3) is 8.32 Å². The predicted octanol–water partition coefficient (Wildman–Crippen LogP) is 5.98. The molecule has 2 unspecified atom stereocenters. The Kier molecular flexibility index (Phi) is 7.21. The van der Waals surface area contributed by atoms with Crippen LogP contribution in [0.1, 0.15) is 57.5 Å². The summed E-state index contributed by atoms with van der Waals surface area (Å²) in [6.45, 7) is 23.6. The molecule has 0 fully saturated rings. The first-order valence-corrected chi connectivity index (χ1v) is 16.0. The average molecular weight is 452 g/mol. The first-order valence-electron chi connectivity index (χ1n) is 10.7. The van der Waals surface area contributed by atoms with Crippen molar-refractivity contribution in [3.8, 4) is 11.5 Å². The Morgan fingerprint density at radius 1 is 1.17 bits per heavy atom. The SMILES string of the molecule is Cc1c(C(=O)O[Si](C)(C)C(C)(C)C)ccc2c1OC(C(O[Si](C)C)C(C)(C)C)CO2. The van der Waals surface area contributed by atoms with Gasteiger partial charge in [0, 0.05) is 5.56 Å². The number of fused-ring (bicyclic) bond motifs is 1. The maximum absolute atomic E-state index is 13.0. The molecule has 7 heteroatoms. The second-order valence-electron chi connectivity index (χ2n) is 11.0. The Labute approximate surface area is 185 Å². The van der Waals surface area contributed by atoms with Crippen molar-refractivity contribution in [3.63, 3.8) is 0 Å². The Morgan fingerprint density at radius 3 is 2.27 bits per heavy atom. The molecule has 1 radical (unpaired) electrons. The zero-order valence-electron chi connectivity index (χ0n) is 20.6. The van der Waals surface area contributed by atoms with Crippen molar-refractivity contribution in [3.05, 3.63) is 23.3 Å². The molecule has 2 atom stereocenters. The lowest BCUT2D eigenvalue weighted by atomic mass is 9.85. The maximum atomic E-state index is 13.0. The minimum Gasteiger partial charge on any atom is -0.516 e. The van der Waals surface area contributed by atoms with Gasteiger partial charge in [-0.1, -0.05) is 41.5 Å². The molecular weight excluding hydrogens is 412 g/mol. The highest BCUT2D eigenvalue weighted by atomic mass is 28.4. The molecule has 0 bridgehead atoms. The van der Waals surface area contributed by atoms with Crippen LogP contribution >= 0.6 is 0 Å². The van der Waals surface area contributed by atoms with E-state index in [0.717, 1.165) is 5.56 Å². The number of hydrogen-bond acceptors (Lipinski definition) is 5. The fourth-order valence-corrected chi connectivity index (χ4v) is 5.05. The van der Waals surface area contributed by atoms with Crippen molar-refractivity contribution in [1.82, 2.24) is 0 Å². The quantitative estimate of drug-likeness (QED) is 0.516. The number of benzene rings is 1. The van der Waals surface area contributed by atoms with Crippen LogP contribution in [0.3, 0.4) is 0 Å². The average Bonchev–Trinajstić information content (AvgIpc) is 2.57. The van der Waals surface area contributed by atoms with E-state index in [1.54, 1.807) is 6.07 Å². The van der Waals surface area contributed by atoms with Gasteiger partial charge in [-0.05, 0) is 55.7 Å². The molecule has 1 aliphatic rings. The largest absolute Gasteiger partial charge is 0.516 e. The molecule has 1 aliphatic heterocycles. The number of carbonyl (C=O) groups excluding carboxylic acids is 1. The van der Waals surface area contributed by atoms with E-state index < -0.39 is 17.4 Å². The Balaban J connectivity index is 2.33. The minimum absolute atomic E-state index is 0.0492. The van der Waals surface area contributed by atoms with Crippen LogP contribution in [-0.2, 0) is 8.85 Å². The Hall–Kier alpha value is -1.32. The Morgan fingerprint density at radius 2 is 1.77 bits per heavy atom. The van der Waals surface area contributed by atoms with Crippen LogP contribution in [0.5, 0.6) is 11.5 Å². The summed E-state index contributed by atoms with van der Waals surface area (Å²) in [4.78, 5) is 13.0. The molecule has 0 spiro atoms. The molecule has 1 aromatic rings. The molecule has 0 aliphatic carbocycles. The van der Waals surface area contributed by atoms with Crippen LogP contribution in [0.2, 0.25) is 31.2 Å². The Bertz CT molecular complexity index is 775. The molecule has 0 saturated heterocycles. The number of carbonyl (C=O) groups is 1. The van der Waals surface area contributed by atoms with Crippen molar-refractivity contribution in [1.29, 1.82) is 0 Å². The van der Waals surface area contributed by atoms with Crippen LogP contribution in [0, 0.1) is 12.3 Å². The van der Waals surface area contributed by atoms with Crippen molar-refractivity contribution in [2.45, 2.75) is 91.9 Å². The number of hydrogen-bond donors (Lipinski definition) is 0. The van der Waals surface area contributed by atoms with Gasteiger partial charge in [-0.2, -0.15) is 0 Å². The predicted molar refractivity (Wildman–Crippen MR) is 126 cm³/mol. The van der Waals surface area contributed by atoms with Crippen LogP contribution in [0.4, 0.5) is 0 Å². The van der Waals surface area contributed by atoms with E-state index in [4.69, 9.17) is 18.3 Å². The summed E-state index contributed by atoms with van der Waals surface area (Å²) < 4.78 is 24.8. The highest BCUT2D eigenvalue weighted by molar-refractivity contribution is 6.75. The normalized spacial score (nSPS) is 18.3. The fourth-order valence-electron chi connectivity index (χ4n) is 3.16. The lowest BCUT2D eigenvalue weighted by molar-refractivity contribution is -0.0477. The third kappa shape index (κ3) is 5.48. The first kappa shape index (κ1) is 24.9. The molecule has 1 aromatic carbocycles. The standard InChI is InChI=1S/C23H39O5Si2/c1-15-16(21(24)28-30(10,11)23(5,6)7)12-13-17-19(15)26-18(14-25-17)20(22(2,3)4)27-29(8)9/h12-13,18,20H,14H2,1-11H3. The van der Waals surface area contributed by atoms with Crippen molar-refractivity contribution in [2.75, 3.05) is 6.61 Å². The smallest absolute Gasteiger partial charge is 0.325 e. The number of ether oxygens (including phenoxy) is 2. The van der Waals surface area contributed by atoms with E-state index in [1.807, 2.05) is 13.0 Å². The van der Waals surface area contributed by atoms with E-state index in [2.05, 4.69) is 67.7 Å². The van der Waals surface area contributed by atoms with E-state index >= 15 is 0 Å². The molecular formula is C23H39O5Si2. The van der Waals surface area contributed by atoms with E-state index in [-0.39, 0.29) is 28.6 Å². The third-order valence-corrected chi connectivity index (χ3v) is 11.0. The third-order valence-electron chi connectivity index (χ3n) is 5.97. The fraction of sp³-hybridized carbons (Fsp3) is 0.696. The lowest BCUT2D eigenvalue weighted by Crippen LogP contribution is -2.49. The van der Waals surface area contributed by atoms with E-state index in [1.165, 1.54) is 0 Å². The van der Waals surface area contributed by atoms with Gasteiger partial charge in [0.2, 0.25) is 9.04 Å². The summed E-state index contributed by atoms with van der Waals surface area (Å²) in [5, 5.41) is -0.0492. The molecule has 0 N–H and O–H groups in total. The molecule has 2 rings (SSSR count). The summed E-state index contributed by atoms with van der Waals surface area (Å²) in [6, 6.07) is 3.59.